The van der Waals surface area contributed by atoms with Gasteiger partial charge in [0.1, 0.15) is 0 Å². The van der Waals surface area contributed by atoms with Crippen molar-refractivity contribution in [2.45, 2.75) is 31.3 Å². The van der Waals surface area contributed by atoms with Crippen LogP contribution >= 0.6 is 0 Å². The molecular weight excluding hydrogens is 186 g/mol. The summed E-state index contributed by atoms with van der Waals surface area (Å²) in [7, 11) is 0. The van der Waals surface area contributed by atoms with E-state index in [0.717, 1.165) is 31.6 Å². The predicted octanol–water partition coefficient (Wildman–Crippen LogP) is 1.24. The van der Waals surface area contributed by atoms with Crippen molar-refractivity contribution in [3.8, 4) is 0 Å². The molecule has 0 aliphatic heterocycles. The van der Waals surface area contributed by atoms with Crippen molar-refractivity contribution < 1.29 is 0 Å². The number of rotatable bonds is 4. The molecule has 1 aromatic carbocycles. The Morgan fingerprint density at radius 1 is 1.33 bits per heavy atom. The van der Waals surface area contributed by atoms with Crippen molar-refractivity contribution in [1.82, 2.24) is 5.32 Å². The molecule has 1 aliphatic carbocycles. The van der Waals surface area contributed by atoms with Crippen LogP contribution in [0, 0.1) is 0 Å². The summed E-state index contributed by atoms with van der Waals surface area (Å²) in [5.41, 5.74) is 13.9. The molecule has 0 heterocycles. The zero-order chi connectivity index (χ0) is 10.7. The van der Waals surface area contributed by atoms with Crippen LogP contribution in [0.2, 0.25) is 0 Å². The van der Waals surface area contributed by atoms with Gasteiger partial charge < -0.3 is 16.8 Å². The molecule has 15 heavy (non-hydrogen) atoms. The molecule has 3 heteroatoms. The third-order valence-electron chi connectivity index (χ3n) is 3.11. The number of nitrogens with two attached hydrogens (primary N) is 2. The highest BCUT2D eigenvalue weighted by molar-refractivity contribution is 5.40. The molecule has 5 N–H and O–H groups in total. The fraction of sp³-hybridized carbons (Fsp3) is 0.500. The van der Waals surface area contributed by atoms with Crippen molar-refractivity contribution in [3.05, 3.63) is 29.8 Å². The van der Waals surface area contributed by atoms with E-state index in [1.165, 1.54) is 12.0 Å². The van der Waals surface area contributed by atoms with Crippen molar-refractivity contribution in [3.63, 3.8) is 0 Å². The monoisotopic (exact) mass is 205 g/mol. The smallest absolute Gasteiger partial charge is 0.0317 e. The maximum Gasteiger partial charge on any atom is 0.0317 e. The molecule has 0 atom stereocenters. The third-order valence-corrected chi connectivity index (χ3v) is 3.11. The zero-order valence-corrected chi connectivity index (χ0v) is 9.00. The first kappa shape index (κ1) is 10.5. The highest BCUT2D eigenvalue weighted by atomic mass is 14.9. The van der Waals surface area contributed by atoms with Crippen molar-refractivity contribution in [1.29, 1.82) is 0 Å². The molecule has 0 amide bonds. The number of hydrogen-bond acceptors (Lipinski definition) is 3. The molecule has 1 aliphatic rings. The van der Waals surface area contributed by atoms with Gasteiger partial charge in [-0.25, -0.2) is 0 Å². The van der Waals surface area contributed by atoms with Crippen molar-refractivity contribution in [2.24, 2.45) is 5.73 Å². The summed E-state index contributed by atoms with van der Waals surface area (Å²) in [6.45, 7) is 1.76. The molecule has 82 valence electrons. The standard InChI is InChI=1S/C12H19N3/c13-11-4-1-3-10(7-11)8-15-9-12(14)5-2-6-12/h1,3-4,7,15H,2,5-6,8-9,13-14H2. The van der Waals surface area contributed by atoms with E-state index >= 15 is 0 Å². The van der Waals surface area contributed by atoms with E-state index in [4.69, 9.17) is 11.5 Å². The van der Waals surface area contributed by atoms with E-state index in [-0.39, 0.29) is 5.54 Å². The van der Waals surface area contributed by atoms with Crippen LogP contribution in [0.25, 0.3) is 0 Å². The van der Waals surface area contributed by atoms with Crippen molar-refractivity contribution in [2.75, 3.05) is 12.3 Å². The first-order valence-electron chi connectivity index (χ1n) is 5.52. The van der Waals surface area contributed by atoms with Crippen LogP contribution in [-0.4, -0.2) is 12.1 Å². The summed E-state index contributed by atoms with van der Waals surface area (Å²) in [6.07, 6.45) is 3.57. The molecule has 0 radical (unpaired) electrons. The Morgan fingerprint density at radius 2 is 2.13 bits per heavy atom. The first-order valence-corrected chi connectivity index (χ1v) is 5.52. The molecule has 1 fully saturated rings. The average molecular weight is 205 g/mol. The minimum atomic E-state index is 0.0559. The maximum absolute atomic E-state index is 6.11. The van der Waals surface area contributed by atoms with Gasteiger partial charge in [0, 0.05) is 24.3 Å². The third kappa shape index (κ3) is 2.70. The van der Waals surface area contributed by atoms with Gasteiger partial charge in [0.15, 0.2) is 0 Å². The van der Waals surface area contributed by atoms with E-state index < -0.39 is 0 Å². The second-order valence-corrected chi connectivity index (χ2v) is 4.56. The quantitative estimate of drug-likeness (QED) is 0.648. The van der Waals surface area contributed by atoms with E-state index in [9.17, 15) is 0 Å². The molecule has 2 rings (SSSR count). The van der Waals surface area contributed by atoms with E-state index in [2.05, 4.69) is 11.4 Å². The summed E-state index contributed by atoms with van der Waals surface area (Å²) in [6, 6.07) is 7.96. The fourth-order valence-electron chi connectivity index (χ4n) is 1.97. The van der Waals surface area contributed by atoms with Crippen LogP contribution in [0.5, 0.6) is 0 Å². The summed E-state index contributed by atoms with van der Waals surface area (Å²) in [4.78, 5) is 0. The number of anilines is 1. The second-order valence-electron chi connectivity index (χ2n) is 4.56. The normalized spacial score (nSPS) is 18.5. The summed E-state index contributed by atoms with van der Waals surface area (Å²) >= 11 is 0. The van der Waals surface area contributed by atoms with Crippen LogP contribution in [-0.2, 0) is 6.54 Å². The van der Waals surface area contributed by atoms with Crippen LogP contribution in [0.3, 0.4) is 0 Å². The average Bonchev–Trinajstić information content (AvgIpc) is 2.15. The van der Waals surface area contributed by atoms with Gasteiger partial charge in [0.2, 0.25) is 0 Å². The van der Waals surface area contributed by atoms with Crippen LogP contribution in [0.4, 0.5) is 5.69 Å². The Hall–Kier alpha value is -1.06. The Labute approximate surface area is 90.8 Å². The predicted molar refractivity (Wildman–Crippen MR) is 63.3 cm³/mol. The summed E-state index contributed by atoms with van der Waals surface area (Å²) in [5, 5.41) is 3.39. The molecule has 0 spiro atoms. The minimum absolute atomic E-state index is 0.0559. The van der Waals surface area contributed by atoms with E-state index in [0.29, 0.717) is 0 Å². The van der Waals surface area contributed by atoms with Gasteiger partial charge in [0.25, 0.3) is 0 Å². The number of nitrogens with one attached hydrogen (secondary N) is 1. The van der Waals surface area contributed by atoms with E-state index in [1.54, 1.807) is 0 Å². The molecule has 1 saturated carbocycles. The molecule has 1 aromatic rings. The van der Waals surface area contributed by atoms with Gasteiger partial charge in [0.05, 0.1) is 0 Å². The fourth-order valence-corrected chi connectivity index (χ4v) is 1.97. The van der Waals surface area contributed by atoms with Gasteiger partial charge in [-0.3, -0.25) is 0 Å². The van der Waals surface area contributed by atoms with Gasteiger partial charge in [-0.15, -0.1) is 0 Å². The Balaban J connectivity index is 1.78. The topological polar surface area (TPSA) is 64.1 Å². The molecular formula is C12H19N3. The Bertz CT molecular complexity index is 331. The van der Waals surface area contributed by atoms with E-state index in [1.807, 2.05) is 18.2 Å². The van der Waals surface area contributed by atoms with Gasteiger partial charge in [-0.2, -0.15) is 0 Å². The number of nitrogen functional groups attached to an aromatic ring is 1. The maximum atomic E-state index is 6.11. The number of hydrogen-bond donors (Lipinski definition) is 3. The molecule has 0 unspecified atom stereocenters. The lowest BCUT2D eigenvalue weighted by molar-refractivity contribution is 0.239. The molecule has 3 nitrogen and oxygen atoms in total. The van der Waals surface area contributed by atoms with Crippen LogP contribution < -0.4 is 16.8 Å². The van der Waals surface area contributed by atoms with Gasteiger partial charge >= 0.3 is 0 Å². The zero-order valence-electron chi connectivity index (χ0n) is 9.00. The Morgan fingerprint density at radius 3 is 2.73 bits per heavy atom. The lowest BCUT2D eigenvalue weighted by Crippen LogP contribution is -2.53. The second kappa shape index (κ2) is 4.21. The largest absolute Gasteiger partial charge is 0.399 e. The first-order chi connectivity index (χ1) is 7.18. The highest BCUT2D eigenvalue weighted by Crippen LogP contribution is 2.28. The van der Waals surface area contributed by atoms with Crippen molar-refractivity contribution >= 4 is 5.69 Å². The Kier molecular flexibility index (Phi) is 2.93. The minimum Gasteiger partial charge on any atom is -0.399 e. The molecule has 0 bridgehead atoms. The highest BCUT2D eigenvalue weighted by Gasteiger charge is 2.31. The summed E-state index contributed by atoms with van der Waals surface area (Å²) < 4.78 is 0. The van der Waals surface area contributed by atoms with Crippen LogP contribution in [0.1, 0.15) is 24.8 Å². The van der Waals surface area contributed by atoms with Gasteiger partial charge in [-0.05, 0) is 37.0 Å². The SMILES string of the molecule is Nc1cccc(CNCC2(N)CCC2)c1. The summed E-state index contributed by atoms with van der Waals surface area (Å²) in [5.74, 6) is 0. The lowest BCUT2D eigenvalue weighted by atomic mass is 9.78. The number of benzene rings is 1. The molecule has 0 aromatic heterocycles. The van der Waals surface area contributed by atoms with Crippen LogP contribution in [0.15, 0.2) is 24.3 Å². The van der Waals surface area contributed by atoms with Gasteiger partial charge in [-0.1, -0.05) is 12.1 Å². The lowest BCUT2D eigenvalue weighted by Gasteiger charge is -2.38. The molecule has 0 saturated heterocycles.